The average Bonchev–Trinajstić information content (AvgIpc) is 3.19. The first-order valence-corrected chi connectivity index (χ1v) is 18.0. The fraction of sp³-hybridized carbons (Fsp3) is 0.553. The van der Waals surface area contributed by atoms with Crippen LogP contribution in [-0.2, 0) is 25.4 Å². The van der Waals surface area contributed by atoms with Crippen LogP contribution in [0.4, 0.5) is 0 Å². The Hall–Kier alpha value is -3.73. The largest absolute Gasteiger partial charge is 0.497 e. The summed E-state index contributed by atoms with van der Waals surface area (Å²) in [5, 5.41) is 93.9. The van der Waals surface area contributed by atoms with Gasteiger partial charge in [0.25, 0.3) is 0 Å². The zero-order valence-corrected chi connectivity index (χ0v) is 30.9. The highest BCUT2D eigenvalue weighted by Crippen LogP contribution is 2.39. The molecule has 3 aliphatic heterocycles. The standard InChI is InChI=1S/C38H48O18/c1-15(2)5-10-19-22(52-37-31(48)29(46)27(44)23(13-39)53-37)12-11-20-25(42)34(32(54-33(19)20)17-6-8-18(49-4)9-7-17)55-38-35(26(43)21(40)14-50-38)56-36-30(47)28(45)24(41)16(3)51-36/h5-9,11-12,16,21,23-24,26-31,35-41,43-48H,10,13-14H2,1-4H3/t16-,21-,23-,24-,26-,27-,28-,29-,30-,31-,35-,36+,37-,38+/m1/s1. The zero-order chi connectivity index (χ0) is 40.6. The van der Waals surface area contributed by atoms with Crippen molar-refractivity contribution < 1.29 is 83.5 Å². The van der Waals surface area contributed by atoms with Gasteiger partial charge in [-0.15, -0.1) is 0 Å². The van der Waals surface area contributed by atoms with Gasteiger partial charge in [-0.3, -0.25) is 4.79 Å². The lowest BCUT2D eigenvalue weighted by atomic mass is 9.99. The average molecular weight is 793 g/mol. The lowest BCUT2D eigenvalue weighted by Gasteiger charge is -2.43. The van der Waals surface area contributed by atoms with Gasteiger partial charge in [-0.05, 0) is 63.6 Å². The number of ether oxygens (including phenoxy) is 7. The quantitative estimate of drug-likeness (QED) is 0.103. The zero-order valence-electron chi connectivity index (χ0n) is 30.9. The van der Waals surface area contributed by atoms with Gasteiger partial charge >= 0.3 is 0 Å². The topological polar surface area (TPSA) is 277 Å². The first-order chi connectivity index (χ1) is 26.6. The van der Waals surface area contributed by atoms with Crippen LogP contribution in [0.3, 0.4) is 0 Å². The van der Waals surface area contributed by atoms with E-state index in [0.717, 1.165) is 5.57 Å². The minimum atomic E-state index is -1.78. The monoisotopic (exact) mass is 792 g/mol. The minimum absolute atomic E-state index is 0.0126. The summed E-state index contributed by atoms with van der Waals surface area (Å²) in [6.45, 7) is 3.99. The number of methoxy groups -OCH3 is 1. The lowest BCUT2D eigenvalue weighted by molar-refractivity contribution is -0.344. The molecular formula is C38H48O18. The Morgan fingerprint density at radius 3 is 2.14 bits per heavy atom. The molecule has 6 rings (SSSR count). The number of allylic oxidation sites excluding steroid dienone is 2. The van der Waals surface area contributed by atoms with Crippen LogP contribution in [0.15, 0.2) is 57.3 Å². The van der Waals surface area contributed by atoms with Crippen molar-refractivity contribution >= 4 is 11.0 Å². The molecule has 3 aromatic rings. The second-order valence-corrected chi connectivity index (χ2v) is 14.2. The van der Waals surface area contributed by atoms with E-state index in [2.05, 4.69) is 0 Å². The van der Waals surface area contributed by atoms with Crippen LogP contribution in [0.25, 0.3) is 22.3 Å². The molecule has 0 unspecified atom stereocenters. The summed E-state index contributed by atoms with van der Waals surface area (Å²) < 4.78 is 46.8. The van der Waals surface area contributed by atoms with E-state index in [0.29, 0.717) is 16.9 Å². The highest BCUT2D eigenvalue weighted by Gasteiger charge is 2.49. The number of aliphatic hydroxyl groups excluding tert-OH is 9. The van der Waals surface area contributed by atoms with E-state index in [9.17, 15) is 50.8 Å². The molecule has 3 aliphatic rings. The molecule has 9 N–H and O–H groups in total. The van der Waals surface area contributed by atoms with Crippen molar-refractivity contribution in [3.05, 3.63) is 63.8 Å². The van der Waals surface area contributed by atoms with Crippen LogP contribution < -0.4 is 19.6 Å². The molecule has 0 aliphatic carbocycles. The Kier molecular flexibility index (Phi) is 13.0. The molecule has 3 fully saturated rings. The van der Waals surface area contributed by atoms with E-state index >= 15 is 0 Å². The SMILES string of the molecule is COc1ccc(-c2oc3c(CC=C(C)C)c(O[C@@H]4O[C@H](CO)[C@@H](O)[C@@H](O)[C@H]4O)ccc3c(=O)c2O[C@@H]2OC[C@@H](O)[C@@H](O)[C@H]2O[C@@H]2O[C@H](C)[C@@H](O)[C@@H](O)[C@H]2O)cc1. The van der Waals surface area contributed by atoms with Gasteiger partial charge in [0.1, 0.15) is 72.0 Å². The predicted octanol–water partition coefficient (Wildman–Crippen LogP) is -1.17. The van der Waals surface area contributed by atoms with E-state index < -0.39 is 110 Å². The molecule has 0 bridgehead atoms. The number of hydrogen-bond acceptors (Lipinski definition) is 18. The van der Waals surface area contributed by atoms with Gasteiger partial charge in [0.15, 0.2) is 18.2 Å². The first-order valence-electron chi connectivity index (χ1n) is 18.0. The summed E-state index contributed by atoms with van der Waals surface area (Å²) in [5.74, 6) is 0.0189. The van der Waals surface area contributed by atoms with E-state index in [1.54, 1.807) is 24.3 Å². The van der Waals surface area contributed by atoms with Crippen LogP contribution in [0.1, 0.15) is 26.3 Å². The van der Waals surface area contributed by atoms with E-state index in [1.807, 2.05) is 19.9 Å². The molecule has 0 radical (unpaired) electrons. The van der Waals surface area contributed by atoms with Crippen LogP contribution in [0.2, 0.25) is 0 Å². The van der Waals surface area contributed by atoms with Crippen LogP contribution in [-0.4, -0.2) is 152 Å². The third-order valence-corrected chi connectivity index (χ3v) is 10.0. The Morgan fingerprint density at radius 2 is 1.48 bits per heavy atom. The smallest absolute Gasteiger partial charge is 0.235 e. The maximum atomic E-state index is 14.6. The summed E-state index contributed by atoms with van der Waals surface area (Å²) >= 11 is 0. The summed E-state index contributed by atoms with van der Waals surface area (Å²) in [5.41, 5.74) is 0.827. The van der Waals surface area contributed by atoms with Crippen LogP contribution in [0, 0.1) is 0 Å². The van der Waals surface area contributed by atoms with Crippen LogP contribution in [0.5, 0.6) is 17.2 Å². The number of benzene rings is 2. The van der Waals surface area contributed by atoms with E-state index in [-0.39, 0.29) is 28.9 Å². The van der Waals surface area contributed by atoms with Crippen molar-refractivity contribution in [1.82, 2.24) is 0 Å². The lowest BCUT2D eigenvalue weighted by Crippen LogP contribution is -2.62. The molecule has 18 heteroatoms. The molecule has 0 spiro atoms. The first kappa shape index (κ1) is 41.9. The maximum Gasteiger partial charge on any atom is 0.235 e. The summed E-state index contributed by atoms with van der Waals surface area (Å²) in [4.78, 5) is 14.6. The predicted molar refractivity (Wildman–Crippen MR) is 192 cm³/mol. The van der Waals surface area contributed by atoms with Gasteiger partial charge in [0.2, 0.25) is 23.8 Å². The second-order valence-electron chi connectivity index (χ2n) is 14.2. The molecule has 0 saturated carbocycles. The van der Waals surface area contributed by atoms with Crippen LogP contribution >= 0.6 is 0 Å². The summed E-state index contributed by atoms with van der Waals surface area (Å²) in [6.07, 6.45) is -19.9. The van der Waals surface area contributed by atoms with Crippen molar-refractivity contribution in [2.75, 3.05) is 20.3 Å². The fourth-order valence-electron chi connectivity index (χ4n) is 6.63. The molecule has 4 heterocycles. The maximum absolute atomic E-state index is 14.6. The number of aliphatic hydroxyl groups is 9. The fourth-order valence-corrected chi connectivity index (χ4v) is 6.63. The normalized spacial score (nSPS) is 34.9. The molecule has 308 valence electrons. The number of fused-ring (bicyclic) bond motifs is 1. The van der Waals surface area contributed by atoms with Crippen molar-refractivity contribution in [3.8, 4) is 28.6 Å². The number of rotatable bonds is 11. The van der Waals surface area contributed by atoms with Gasteiger partial charge in [-0.25, -0.2) is 0 Å². The molecule has 0 amide bonds. The molecule has 18 nitrogen and oxygen atoms in total. The number of hydrogen-bond donors (Lipinski definition) is 9. The molecule has 2 aromatic carbocycles. The Labute approximate surface area is 320 Å². The van der Waals surface area contributed by atoms with Gasteiger partial charge in [-0.2, -0.15) is 0 Å². The highest BCUT2D eigenvalue weighted by atomic mass is 16.8. The Balaban J connectivity index is 1.46. The van der Waals surface area contributed by atoms with Gasteiger partial charge in [0, 0.05) is 11.1 Å². The van der Waals surface area contributed by atoms with Crippen molar-refractivity contribution in [1.29, 1.82) is 0 Å². The van der Waals surface area contributed by atoms with Crippen molar-refractivity contribution in [2.24, 2.45) is 0 Å². The highest BCUT2D eigenvalue weighted by molar-refractivity contribution is 5.86. The second kappa shape index (κ2) is 17.4. The third-order valence-electron chi connectivity index (χ3n) is 10.0. The van der Waals surface area contributed by atoms with Gasteiger partial charge in [0.05, 0.1) is 31.8 Å². The Bertz CT molecular complexity index is 1890. The van der Waals surface area contributed by atoms with Gasteiger partial charge < -0.3 is 83.5 Å². The molecule has 56 heavy (non-hydrogen) atoms. The van der Waals surface area contributed by atoms with Crippen molar-refractivity contribution in [2.45, 2.75) is 113 Å². The summed E-state index contributed by atoms with van der Waals surface area (Å²) in [7, 11) is 1.47. The Morgan fingerprint density at radius 1 is 0.804 bits per heavy atom. The van der Waals surface area contributed by atoms with Crippen molar-refractivity contribution in [3.63, 3.8) is 0 Å². The molecule has 14 atom stereocenters. The van der Waals surface area contributed by atoms with E-state index in [1.165, 1.54) is 26.2 Å². The third kappa shape index (κ3) is 8.30. The molecule has 1 aromatic heterocycles. The van der Waals surface area contributed by atoms with E-state index in [4.69, 9.17) is 37.6 Å². The molecule has 3 saturated heterocycles. The molecular weight excluding hydrogens is 744 g/mol. The minimum Gasteiger partial charge on any atom is -0.497 e. The summed E-state index contributed by atoms with van der Waals surface area (Å²) in [6, 6.07) is 9.18. The van der Waals surface area contributed by atoms with Gasteiger partial charge in [-0.1, -0.05) is 11.6 Å².